The molecule has 5 heteroatoms. The van der Waals surface area contributed by atoms with Gasteiger partial charge in [0.2, 0.25) is 0 Å². The van der Waals surface area contributed by atoms with Crippen LogP contribution in [0.15, 0.2) is 53.1 Å². The van der Waals surface area contributed by atoms with Crippen molar-refractivity contribution in [3.8, 4) is 11.5 Å². The standard InChI is InChI=1S/C15H12ClN3O/c16-13-7-6-11(17)9-12(13)15-18-14(19-20-15)8-10-4-2-1-3-5-10/h1-7,9H,8,17H2. The lowest BCUT2D eigenvalue weighted by atomic mass is 10.1. The Morgan fingerprint density at radius 1 is 1.10 bits per heavy atom. The van der Waals surface area contributed by atoms with Crippen LogP contribution in [0, 0.1) is 0 Å². The number of nitrogens with two attached hydrogens (primary N) is 1. The minimum absolute atomic E-state index is 0.383. The maximum absolute atomic E-state index is 6.12. The van der Waals surface area contributed by atoms with Crippen molar-refractivity contribution in [3.63, 3.8) is 0 Å². The van der Waals surface area contributed by atoms with Crippen LogP contribution in [0.2, 0.25) is 5.02 Å². The third-order valence-corrected chi connectivity index (χ3v) is 3.22. The number of aromatic nitrogens is 2. The van der Waals surface area contributed by atoms with Gasteiger partial charge >= 0.3 is 0 Å². The summed E-state index contributed by atoms with van der Waals surface area (Å²) in [5.41, 5.74) is 8.13. The van der Waals surface area contributed by atoms with Crippen LogP contribution in [0.1, 0.15) is 11.4 Å². The van der Waals surface area contributed by atoms with Crippen LogP contribution in [0.25, 0.3) is 11.5 Å². The van der Waals surface area contributed by atoms with Crippen LogP contribution in [0.4, 0.5) is 5.69 Å². The molecule has 0 spiro atoms. The van der Waals surface area contributed by atoms with Crippen molar-refractivity contribution in [3.05, 3.63) is 64.9 Å². The molecule has 0 aliphatic carbocycles. The third-order valence-electron chi connectivity index (χ3n) is 2.89. The quantitative estimate of drug-likeness (QED) is 0.747. The largest absolute Gasteiger partial charge is 0.399 e. The van der Waals surface area contributed by atoms with E-state index in [2.05, 4.69) is 10.1 Å². The van der Waals surface area contributed by atoms with Crippen LogP contribution in [-0.4, -0.2) is 10.1 Å². The molecule has 0 amide bonds. The number of hydrogen-bond donors (Lipinski definition) is 1. The first-order valence-electron chi connectivity index (χ1n) is 6.14. The zero-order valence-electron chi connectivity index (χ0n) is 10.6. The van der Waals surface area contributed by atoms with Crippen molar-refractivity contribution >= 4 is 17.3 Å². The fraction of sp³-hybridized carbons (Fsp3) is 0.0667. The van der Waals surface area contributed by atoms with Gasteiger partial charge in [-0.15, -0.1) is 0 Å². The molecule has 1 aromatic heterocycles. The molecule has 0 saturated carbocycles. The first-order chi connectivity index (χ1) is 9.72. The highest BCUT2D eigenvalue weighted by Crippen LogP contribution is 2.28. The van der Waals surface area contributed by atoms with E-state index in [1.807, 2.05) is 30.3 Å². The van der Waals surface area contributed by atoms with E-state index in [9.17, 15) is 0 Å². The van der Waals surface area contributed by atoms with E-state index in [0.717, 1.165) is 5.56 Å². The van der Waals surface area contributed by atoms with Crippen molar-refractivity contribution in [1.82, 2.24) is 10.1 Å². The molecule has 4 nitrogen and oxygen atoms in total. The van der Waals surface area contributed by atoms with E-state index in [0.29, 0.717) is 34.4 Å². The second-order valence-corrected chi connectivity index (χ2v) is 4.82. The summed E-state index contributed by atoms with van der Waals surface area (Å²) in [6.45, 7) is 0. The second-order valence-electron chi connectivity index (χ2n) is 4.42. The summed E-state index contributed by atoms with van der Waals surface area (Å²) >= 11 is 6.12. The first-order valence-corrected chi connectivity index (χ1v) is 6.52. The lowest BCUT2D eigenvalue weighted by Crippen LogP contribution is -1.90. The van der Waals surface area contributed by atoms with Crippen molar-refractivity contribution < 1.29 is 4.52 Å². The van der Waals surface area contributed by atoms with E-state index >= 15 is 0 Å². The Bertz CT molecular complexity index is 725. The van der Waals surface area contributed by atoms with Crippen molar-refractivity contribution in [2.45, 2.75) is 6.42 Å². The van der Waals surface area contributed by atoms with Crippen molar-refractivity contribution in [1.29, 1.82) is 0 Å². The highest BCUT2D eigenvalue weighted by molar-refractivity contribution is 6.33. The minimum Gasteiger partial charge on any atom is -0.399 e. The average molecular weight is 286 g/mol. The maximum atomic E-state index is 6.12. The Kier molecular flexibility index (Phi) is 3.39. The zero-order valence-corrected chi connectivity index (χ0v) is 11.3. The van der Waals surface area contributed by atoms with Crippen LogP contribution < -0.4 is 5.73 Å². The first kappa shape index (κ1) is 12.7. The Morgan fingerprint density at radius 2 is 1.90 bits per heavy atom. The molecular weight excluding hydrogens is 274 g/mol. The van der Waals surface area contributed by atoms with Gasteiger partial charge in [-0.05, 0) is 23.8 Å². The molecule has 0 unspecified atom stereocenters. The molecular formula is C15H12ClN3O. The summed E-state index contributed by atoms with van der Waals surface area (Å²) in [6, 6.07) is 15.1. The van der Waals surface area contributed by atoms with Crippen LogP contribution >= 0.6 is 11.6 Å². The number of nitrogens with zero attached hydrogens (tertiary/aromatic N) is 2. The fourth-order valence-corrected chi connectivity index (χ4v) is 2.12. The van der Waals surface area contributed by atoms with Crippen molar-refractivity contribution in [2.24, 2.45) is 0 Å². The van der Waals surface area contributed by atoms with Gasteiger partial charge in [-0.3, -0.25) is 0 Å². The predicted octanol–water partition coefficient (Wildman–Crippen LogP) is 3.56. The van der Waals surface area contributed by atoms with E-state index in [1.54, 1.807) is 18.2 Å². The van der Waals surface area contributed by atoms with Gasteiger partial charge in [-0.25, -0.2) is 0 Å². The molecule has 0 radical (unpaired) electrons. The summed E-state index contributed by atoms with van der Waals surface area (Å²) in [6.07, 6.45) is 0.615. The molecule has 0 aliphatic heterocycles. The minimum atomic E-state index is 0.383. The lowest BCUT2D eigenvalue weighted by molar-refractivity contribution is 0.424. The fourth-order valence-electron chi connectivity index (χ4n) is 1.92. The highest BCUT2D eigenvalue weighted by Gasteiger charge is 2.12. The monoisotopic (exact) mass is 285 g/mol. The van der Waals surface area contributed by atoms with Crippen molar-refractivity contribution in [2.75, 3.05) is 5.73 Å². The van der Waals surface area contributed by atoms with Gasteiger partial charge in [0.1, 0.15) is 0 Å². The second kappa shape index (κ2) is 5.35. The molecule has 0 bridgehead atoms. The molecule has 0 saturated heterocycles. The van der Waals surface area contributed by atoms with Gasteiger partial charge in [-0.1, -0.05) is 47.1 Å². The Labute approximate surface area is 121 Å². The van der Waals surface area contributed by atoms with Crippen LogP contribution in [0.3, 0.4) is 0 Å². The topological polar surface area (TPSA) is 64.9 Å². The zero-order chi connectivity index (χ0) is 13.9. The number of hydrogen-bond acceptors (Lipinski definition) is 4. The number of halogens is 1. The summed E-state index contributed by atoms with van der Waals surface area (Å²) in [7, 11) is 0. The van der Waals surface area contributed by atoms with Gasteiger partial charge in [-0.2, -0.15) is 4.98 Å². The molecule has 2 aromatic carbocycles. The van der Waals surface area contributed by atoms with Gasteiger partial charge in [0.25, 0.3) is 5.89 Å². The molecule has 0 aliphatic rings. The molecule has 3 rings (SSSR count). The predicted molar refractivity (Wildman–Crippen MR) is 78.4 cm³/mol. The van der Waals surface area contributed by atoms with E-state index in [4.69, 9.17) is 21.9 Å². The van der Waals surface area contributed by atoms with Gasteiger partial charge in [0.15, 0.2) is 5.82 Å². The molecule has 0 atom stereocenters. The van der Waals surface area contributed by atoms with Crippen LogP contribution in [-0.2, 0) is 6.42 Å². The van der Waals surface area contributed by atoms with Crippen LogP contribution in [0.5, 0.6) is 0 Å². The number of nitrogen functional groups attached to an aromatic ring is 1. The SMILES string of the molecule is Nc1ccc(Cl)c(-c2nc(Cc3ccccc3)no2)c1. The molecule has 2 N–H and O–H groups in total. The molecule has 0 fully saturated rings. The molecule has 20 heavy (non-hydrogen) atoms. The molecule has 3 aromatic rings. The summed E-state index contributed by atoms with van der Waals surface area (Å²) in [4.78, 5) is 4.36. The summed E-state index contributed by atoms with van der Waals surface area (Å²) in [5, 5.41) is 4.51. The van der Waals surface area contributed by atoms with Gasteiger partial charge in [0.05, 0.1) is 10.6 Å². The average Bonchev–Trinajstić information content (AvgIpc) is 2.91. The maximum Gasteiger partial charge on any atom is 0.259 e. The van der Waals surface area contributed by atoms with E-state index in [-0.39, 0.29) is 0 Å². The number of rotatable bonds is 3. The lowest BCUT2D eigenvalue weighted by Gasteiger charge is -1.99. The van der Waals surface area contributed by atoms with E-state index in [1.165, 1.54) is 0 Å². The Hall–Kier alpha value is -2.33. The normalized spacial score (nSPS) is 10.7. The number of anilines is 1. The molecule has 100 valence electrons. The number of benzene rings is 2. The third kappa shape index (κ3) is 2.65. The Balaban J connectivity index is 1.88. The van der Waals surface area contributed by atoms with Gasteiger partial charge < -0.3 is 10.3 Å². The van der Waals surface area contributed by atoms with E-state index < -0.39 is 0 Å². The summed E-state index contributed by atoms with van der Waals surface area (Å²) in [5.74, 6) is 0.998. The van der Waals surface area contributed by atoms with Gasteiger partial charge in [0, 0.05) is 12.1 Å². The highest BCUT2D eigenvalue weighted by atomic mass is 35.5. The Morgan fingerprint density at radius 3 is 2.70 bits per heavy atom. The smallest absolute Gasteiger partial charge is 0.259 e. The molecule has 1 heterocycles. The summed E-state index contributed by atoms with van der Waals surface area (Å²) < 4.78 is 5.26.